The van der Waals surface area contributed by atoms with E-state index in [1.807, 2.05) is 32.1 Å². The summed E-state index contributed by atoms with van der Waals surface area (Å²) in [7, 11) is 9.03. The van der Waals surface area contributed by atoms with Gasteiger partial charge in [-0.2, -0.15) is 0 Å². The Labute approximate surface area is 250 Å². The first-order valence-electron chi connectivity index (χ1n) is 14.6. The lowest BCUT2D eigenvalue weighted by Crippen LogP contribution is -2.20. The molecular formula is C33H52FN2O4P. The Morgan fingerprint density at radius 3 is 2.12 bits per heavy atom. The lowest BCUT2D eigenvalue weighted by Gasteiger charge is -2.13. The first-order chi connectivity index (χ1) is 19.7. The Balaban J connectivity index is 0.000000311. The molecule has 0 bridgehead atoms. The van der Waals surface area contributed by atoms with Crippen LogP contribution in [0, 0.1) is 12.7 Å². The molecule has 8 heteroatoms. The molecule has 1 amide bonds. The zero-order valence-electron chi connectivity index (χ0n) is 26.3. The quantitative estimate of drug-likeness (QED) is 0.144. The van der Waals surface area contributed by atoms with Crippen molar-refractivity contribution < 1.29 is 23.4 Å². The van der Waals surface area contributed by atoms with Gasteiger partial charge >= 0.3 is 0 Å². The van der Waals surface area contributed by atoms with Crippen molar-refractivity contribution in [2.75, 3.05) is 54.6 Å². The van der Waals surface area contributed by atoms with Crippen molar-refractivity contribution in [3.05, 3.63) is 52.8 Å². The topological polar surface area (TPSA) is 51.2 Å². The maximum atomic E-state index is 12.9. The van der Waals surface area contributed by atoms with Crippen LogP contribution in [-0.4, -0.2) is 70.8 Å². The van der Waals surface area contributed by atoms with Gasteiger partial charge in [-0.3, -0.25) is 4.79 Å². The van der Waals surface area contributed by atoms with Crippen molar-refractivity contribution in [3.8, 4) is 17.2 Å². The lowest BCUT2D eigenvalue weighted by atomic mass is 10.1. The van der Waals surface area contributed by atoms with Gasteiger partial charge in [-0.15, -0.1) is 9.24 Å². The number of hydrogen-bond donors (Lipinski definition) is 0. The fourth-order valence-corrected chi connectivity index (χ4v) is 4.91. The molecule has 0 radical (unpaired) electrons. The summed E-state index contributed by atoms with van der Waals surface area (Å²) in [5.74, 6) is 1.78. The van der Waals surface area contributed by atoms with E-state index in [1.54, 1.807) is 39.3 Å². The van der Waals surface area contributed by atoms with E-state index < -0.39 is 0 Å². The van der Waals surface area contributed by atoms with E-state index in [1.165, 1.54) is 76.7 Å². The Bertz CT molecular complexity index is 1030. The number of halogens is 1. The van der Waals surface area contributed by atoms with E-state index in [2.05, 4.69) is 21.1 Å². The molecular weight excluding hydrogens is 538 g/mol. The fourth-order valence-electron chi connectivity index (χ4n) is 4.58. The molecule has 6 nitrogen and oxygen atoms in total. The van der Waals surface area contributed by atoms with Crippen LogP contribution in [0.4, 0.5) is 4.39 Å². The van der Waals surface area contributed by atoms with Gasteiger partial charge in [-0.25, -0.2) is 4.39 Å². The smallest absolute Gasteiger partial charge is 0.209 e. The average Bonchev–Trinajstić information content (AvgIpc) is 3.48. The molecule has 3 rings (SSSR count). The van der Waals surface area contributed by atoms with Gasteiger partial charge in [-0.1, -0.05) is 50.3 Å². The highest BCUT2D eigenvalue weighted by molar-refractivity contribution is 7.27. The van der Waals surface area contributed by atoms with Crippen molar-refractivity contribution in [2.45, 2.75) is 65.7 Å². The zero-order valence-corrected chi connectivity index (χ0v) is 27.5. The lowest BCUT2D eigenvalue weighted by molar-refractivity contribution is -0.116. The van der Waals surface area contributed by atoms with E-state index in [0.717, 1.165) is 28.4 Å². The van der Waals surface area contributed by atoms with Gasteiger partial charge in [0.05, 0.1) is 21.3 Å². The Kier molecular flexibility index (Phi) is 18.8. The number of carbonyl (C=O) groups excluding carboxylic acids is 1. The molecule has 2 aromatic carbocycles. The normalized spacial score (nSPS) is 13.0. The van der Waals surface area contributed by atoms with E-state index in [9.17, 15) is 9.18 Å². The van der Waals surface area contributed by atoms with Gasteiger partial charge in [0.15, 0.2) is 11.5 Å². The summed E-state index contributed by atoms with van der Waals surface area (Å²) < 4.78 is 28.3. The van der Waals surface area contributed by atoms with Gasteiger partial charge in [0.25, 0.3) is 0 Å². The number of likely N-dealkylation sites (tertiary alicyclic amines) is 1. The van der Waals surface area contributed by atoms with Crippen LogP contribution in [0.1, 0.15) is 69.9 Å². The van der Waals surface area contributed by atoms with Gasteiger partial charge < -0.3 is 24.0 Å². The number of unbranched alkanes of at least 4 members (excludes halogenated alkanes) is 4. The number of likely N-dealkylation sites (N-methyl/N-ethyl adjacent to an activating group) is 1. The van der Waals surface area contributed by atoms with Crippen LogP contribution in [0.25, 0.3) is 6.08 Å². The summed E-state index contributed by atoms with van der Waals surface area (Å²) >= 11 is 0. The van der Waals surface area contributed by atoms with E-state index in [-0.39, 0.29) is 5.82 Å². The number of ether oxygens (including phenoxy) is 3. The highest BCUT2D eigenvalue weighted by Gasteiger charge is 2.11. The van der Waals surface area contributed by atoms with Crippen LogP contribution in [0.5, 0.6) is 17.2 Å². The third-order valence-corrected chi connectivity index (χ3v) is 7.22. The second kappa shape index (κ2) is 21.1. The van der Waals surface area contributed by atoms with Crippen LogP contribution in [0.15, 0.2) is 35.9 Å². The Morgan fingerprint density at radius 2 is 1.61 bits per heavy atom. The van der Waals surface area contributed by atoms with Gasteiger partial charge in [0, 0.05) is 13.6 Å². The molecule has 1 unspecified atom stereocenters. The molecule has 1 fully saturated rings. The van der Waals surface area contributed by atoms with E-state index >= 15 is 0 Å². The predicted octanol–water partition coefficient (Wildman–Crippen LogP) is 6.89. The molecule has 0 aromatic heterocycles. The Hall–Kier alpha value is -2.63. The predicted molar refractivity (Wildman–Crippen MR) is 173 cm³/mol. The van der Waals surface area contributed by atoms with Crippen molar-refractivity contribution in [1.82, 2.24) is 9.80 Å². The maximum absolute atomic E-state index is 12.9. The summed E-state index contributed by atoms with van der Waals surface area (Å²) in [6, 6.07) is 8.42. The largest absolute Gasteiger partial charge is 0.493 e. The molecule has 2 aromatic rings. The average molecular weight is 591 g/mol. The first-order valence-corrected chi connectivity index (χ1v) is 15.1. The highest BCUT2D eigenvalue weighted by Crippen LogP contribution is 2.37. The number of hydrogen-bond acceptors (Lipinski definition) is 5. The Morgan fingerprint density at radius 1 is 1.00 bits per heavy atom. The number of carbonyl (C=O) groups is 1. The summed E-state index contributed by atoms with van der Waals surface area (Å²) in [5, 5.41) is 0.813. The van der Waals surface area contributed by atoms with E-state index in [0.29, 0.717) is 23.8 Å². The SMILES string of the molecule is C/C(=C\c1ccc(F)cc1P)CN(C)C=O.CCCCCCCN1CCCC1.COc1cc(C)cc(OC)c1OC. The van der Waals surface area contributed by atoms with Gasteiger partial charge in [0.1, 0.15) is 5.82 Å². The number of amides is 1. The first kappa shape index (κ1) is 36.4. The number of nitrogens with zero attached hydrogens (tertiary/aromatic N) is 2. The minimum Gasteiger partial charge on any atom is -0.493 e. The maximum Gasteiger partial charge on any atom is 0.209 e. The van der Waals surface area contributed by atoms with Crippen LogP contribution < -0.4 is 19.5 Å². The summed E-state index contributed by atoms with van der Waals surface area (Å²) in [6.45, 7) is 10.9. The second-order valence-corrected chi connectivity index (χ2v) is 11.1. The van der Waals surface area contributed by atoms with Crippen LogP contribution in [0.3, 0.4) is 0 Å². The monoisotopic (exact) mass is 590 g/mol. The molecule has 1 aliphatic rings. The van der Waals surface area contributed by atoms with Crippen LogP contribution in [0.2, 0.25) is 0 Å². The third kappa shape index (κ3) is 14.7. The molecule has 0 saturated carbocycles. The molecule has 1 atom stereocenters. The second-order valence-electron chi connectivity index (χ2n) is 10.5. The molecule has 1 saturated heterocycles. The standard InChI is InChI=1S/C12H15FNOP.C11H23N.C10H14O3/c1-9(7-14(2)8-15)5-10-3-4-11(13)6-12(10)16;1-2-3-4-5-6-9-12-10-7-8-11-12;1-7-5-8(11-2)10(13-4)9(6-7)12-3/h3-6,8H,7,16H2,1-2H3;2-11H2,1H3;5-6H,1-4H3/b9-5+;;. The van der Waals surface area contributed by atoms with Gasteiger partial charge in [0.2, 0.25) is 12.2 Å². The number of methoxy groups -OCH3 is 3. The highest BCUT2D eigenvalue weighted by atomic mass is 31.0. The number of aryl methyl sites for hydroxylation is 1. The third-order valence-electron chi connectivity index (χ3n) is 6.72. The zero-order chi connectivity index (χ0) is 30.6. The molecule has 0 aliphatic carbocycles. The fraction of sp³-hybridized carbons (Fsp3) is 0.545. The van der Waals surface area contributed by atoms with Crippen molar-refractivity contribution >= 4 is 27.0 Å². The minimum atomic E-state index is -0.246. The van der Waals surface area contributed by atoms with Crippen molar-refractivity contribution in [2.24, 2.45) is 0 Å². The van der Waals surface area contributed by atoms with Crippen molar-refractivity contribution in [1.29, 1.82) is 0 Å². The van der Waals surface area contributed by atoms with Crippen LogP contribution in [-0.2, 0) is 4.79 Å². The molecule has 1 aliphatic heterocycles. The number of benzene rings is 2. The molecule has 1 heterocycles. The van der Waals surface area contributed by atoms with Crippen molar-refractivity contribution in [3.63, 3.8) is 0 Å². The molecule has 230 valence electrons. The van der Waals surface area contributed by atoms with E-state index in [4.69, 9.17) is 14.2 Å². The summed E-state index contributed by atoms with van der Waals surface area (Å²) in [6.07, 6.45) is 12.7. The minimum absolute atomic E-state index is 0.246. The van der Waals surface area contributed by atoms with Crippen LogP contribution >= 0.6 is 9.24 Å². The molecule has 0 N–H and O–H groups in total. The van der Waals surface area contributed by atoms with Gasteiger partial charge in [-0.05, 0) is 93.4 Å². The summed E-state index contributed by atoms with van der Waals surface area (Å²) in [5.41, 5.74) is 3.07. The summed E-state index contributed by atoms with van der Waals surface area (Å²) in [4.78, 5) is 14.6. The number of rotatable bonds is 13. The molecule has 0 spiro atoms. The molecule has 41 heavy (non-hydrogen) atoms.